The van der Waals surface area contributed by atoms with E-state index in [0.717, 1.165) is 33.9 Å². The second kappa shape index (κ2) is 5.39. The summed E-state index contributed by atoms with van der Waals surface area (Å²) in [5.74, 6) is 1.66. The second-order valence-electron chi connectivity index (χ2n) is 6.20. The van der Waals surface area contributed by atoms with Crippen molar-refractivity contribution in [3.05, 3.63) is 64.2 Å². The first-order valence-electron chi connectivity index (χ1n) is 7.97. The molecule has 126 valence electrons. The molecule has 0 fully saturated rings. The molecule has 2 aliphatic heterocycles. The van der Waals surface area contributed by atoms with Gasteiger partial charge in [-0.3, -0.25) is 0 Å². The molecule has 0 amide bonds. The predicted molar refractivity (Wildman–Crippen MR) is 99.6 cm³/mol. The Morgan fingerprint density at radius 2 is 1.88 bits per heavy atom. The first-order valence-corrected chi connectivity index (χ1v) is 8.73. The zero-order valence-corrected chi connectivity index (χ0v) is 14.6. The van der Waals surface area contributed by atoms with E-state index in [4.69, 9.17) is 28.2 Å². The van der Waals surface area contributed by atoms with Crippen molar-refractivity contribution < 1.29 is 5.11 Å². The zero-order chi connectivity index (χ0) is 17.1. The highest BCUT2D eigenvalue weighted by molar-refractivity contribution is 6.35. The Kier molecular flexibility index (Phi) is 3.25. The lowest BCUT2D eigenvalue weighted by atomic mass is 10.1. The maximum Gasteiger partial charge on any atom is 0.144 e. The third-order valence-electron chi connectivity index (χ3n) is 4.67. The van der Waals surface area contributed by atoms with E-state index in [1.165, 1.54) is 0 Å². The van der Waals surface area contributed by atoms with Crippen molar-refractivity contribution in [2.45, 2.75) is 12.8 Å². The minimum Gasteiger partial charge on any atom is -0.386 e. The molecule has 5 nitrogen and oxygen atoms in total. The molecular weight excluding hydrogens is 359 g/mol. The zero-order valence-electron chi connectivity index (χ0n) is 13.1. The average Bonchev–Trinajstić information content (AvgIpc) is 3.12. The molecule has 0 saturated heterocycles. The first kappa shape index (κ1) is 15.1. The van der Waals surface area contributed by atoms with Gasteiger partial charge in [-0.2, -0.15) is 0 Å². The maximum absolute atomic E-state index is 10.7. The van der Waals surface area contributed by atoms with E-state index < -0.39 is 6.10 Å². The molecule has 3 aromatic rings. The van der Waals surface area contributed by atoms with Crippen molar-refractivity contribution >= 4 is 45.5 Å². The van der Waals surface area contributed by atoms with E-state index in [1.54, 1.807) is 6.07 Å². The van der Waals surface area contributed by atoms with E-state index in [0.29, 0.717) is 23.3 Å². The number of benzene rings is 2. The van der Waals surface area contributed by atoms with Gasteiger partial charge in [0.15, 0.2) is 0 Å². The van der Waals surface area contributed by atoms with Gasteiger partial charge in [0.1, 0.15) is 17.7 Å². The van der Waals surface area contributed by atoms with Crippen LogP contribution >= 0.6 is 23.2 Å². The van der Waals surface area contributed by atoms with Crippen LogP contribution in [0.4, 0.5) is 5.69 Å². The standard InChI is InChI=1S/C18H14Cl2N4O/c19-10-5-11(20)7-12(6-10)23-8-15(25)16-17(23)21-9-24-14-4-2-1-3-13(14)22-18(16)24/h1-7,15,21,25H,8-9H2/t15-/m1/s1. The van der Waals surface area contributed by atoms with E-state index in [9.17, 15) is 5.11 Å². The lowest BCUT2D eigenvalue weighted by molar-refractivity contribution is 0.246. The quantitative estimate of drug-likeness (QED) is 0.686. The molecule has 2 N–H and O–H groups in total. The number of nitrogens with one attached hydrogen (secondary N) is 1. The molecule has 0 radical (unpaired) electrons. The summed E-state index contributed by atoms with van der Waals surface area (Å²) in [4.78, 5) is 6.74. The van der Waals surface area contributed by atoms with Crippen molar-refractivity contribution in [3.63, 3.8) is 0 Å². The molecule has 2 aliphatic rings. The van der Waals surface area contributed by atoms with Crippen LogP contribution in [0.5, 0.6) is 0 Å². The van der Waals surface area contributed by atoms with Crippen molar-refractivity contribution in [3.8, 4) is 0 Å². The summed E-state index contributed by atoms with van der Waals surface area (Å²) in [7, 11) is 0. The van der Waals surface area contributed by atoms with Gasteiger partial charge in [0.2, 0.25) is 0 Å². The van der Waals surface area contributed by atoms with E-state index in [-0.39, 0.29) is 0 Å². The molecule has 2 aromatic carbocycles. The number of aliphatic hydroxyl groups excluding tert-OH is 1. The third kappa shape index (κ3) is 2.24. The third-order valence-corrected chi connectivity index (χ3v) is 5.11. The Morgan fingerprint density at radius 1 is 1.12 bits per heavy atom. The molecular formula is C18H14Cl2N4O. The van der Waals surface area contributed by atoms with Crippen LogP contribution in [0.2, 0.25) is 10.0 Å². The van der Waals surface area contributed by atoms with Crippen LogP contribution in [0.25, 0.3) is 16.6 Å². The Labute approximate surface area is 154 Å². The lowest BCUT2D eigenvalue weighted by Crippen LogP contribution is -2.33. The smallest absolute Gasteiger partial charge is 0.144 e. The van der Waals surface area contributed by atoms with Gasteiger partial charge < -0.3 is 19.9 Å². The normalized spacial score (nSPS) is 19.2. The Bertz CT molecular complexity index is 1020. The fourth-order valence-electron chi connectivity index (χ4n) is 3.63. The highest BCUT2D eigenvalue weighted by atomic mass is 35.5. The molecule has 1 atom stereocenters. The van der Waals surface area contributed by atoms with Gasteiger partial charge >= 0.3 is 0 Å². The molecule has 0 unspecified atom stereocenters. The largest absolute Gasteiger partial charge is 0.386 e. The van der Waals surface area contributed by atoms with E-state index in [2.05, 4.69) is 9.88 Å². The van der Waals surface area contributed by atoms with Crippen molar-refractivity contribution in [2.75, 3.05) is 11.4 Å². The topological polar surface area (TPSA) is 53.3 Å². The SMILES string of the molecule is O[C@@H]1CN(c2cc(Cl)cc(Cl)c2)C2=C1c1nc3ccccc3n1CN2. The average molecular weight is 373 g/mol. The summed E-state index contributed by atoms with van der Waals surface area (Å²) in [5.41, 5.74) is 3.62. The number of rotatable bonds is 1. The van der Waals surface area contributed by atoms with Crippen LogP contribution in [0.3, 0.4) is 0 Å². The summed E-state index contributed by atoms with van der Waals surface area (Å²) < 4.78 is 2.09. The van der Waals surface area contributed by atoms with Gasteiger partial charge in [-0.15, -0.1) is 0 Å². The van der Waals surface area contributed by atoms with Crippen LogP contribution in [-0.2, 0) is 6.67 Å². The predicted octanol–water partition coefficient (Wildman–Crippen LogP) is 3.45. The molecule has 7 heteroatoms. The van der Waals surface area contributed by atoms with E-state index >= 15 is 0 Å². The van der Waals surface area contributed by atoms with Crippen LogP contribution in [0.15, 0.2) is 48.3 Å². The molecule has 25 heavy (non-hydrogen) atoms. The van der Waals surface area contributed by atoms with Crippen LogP contribution in [0, 0.1) is 0 Å². The van der Waals surface area contributed by atoms with Crippen LogP contribution in [-0.4, -0.2) is 27.3 Å². The number of nitrogens with zero attached hydrogens (tertiary/aromatic N) is 3. The number of hydrogen-bond donors (Lipinski definition) is 2. The molecule has 3 heterocycles. The number of aliphatic hydroxyl groups is 1. The second-order valence-corrected chi connectivity index (χ2v) is 7.08. The molecule has 0 spiro atoms. The molecule has 1 aromatic heterocycles. The van der Waals surface area contributed by atoms with Crippen molar-refractivity contribution in [1.29, 1.82) is 0 Å². The van der Waals surface area contributed by atoms with Gasteiger partial charge in [-0.05, 0) is 30.3 Å². The Hall–Kier alpha value is -2.21. The Morgan fingerprint density at radius 3 is 2.68 bits per heavy atom. The summed E-state index contributed by atoms with van der Waals surface area (Å²) in [6.45, 7) is 1.02. The minimum absolute atomic E-state index is 0.428. The van der Waals surface area contributed by atoms with Crippen LogP contribution in [0.1, 0.15) is 5.82 Å². The number of halogens is 2. The molecule has 5 rings (SSSR count). The number of aromatic nitrogens is 2. The fraction of sp³-hybridized carbons (Fsp3) is 0.167. The summed E-state index contributed by atoms with van der Waals surface area (Å²) >= 11 is 12.3. The van der Waals surface area contributed by atoms with Gasteiger partial charge in [0.05, 0.1) is 29.8 Å². The van der Waals surface area contributed by atoms with Gasteiger partial charge in [-0.1, -0.05) is 35.3 Å². The summed E-state index contributed by atoms with van der Waals surface area (Å²) in [6.07, 6.45) is -0.642. The number of anilines is 1. The number of β-amino-alcohol motifs (C(OH)–C–C–N with tert-alkyl or cyclic N) is 1. The van der Waals surface area contributed by atoms with Gasteiger partial charge in [0.25, 0.3) is 0 Å². The van der Waals surface area contributed by atoms with Crippen LogP contribution < -0.4 is 10.2 Å². The number of fused-ring (bicyclic) bond motifs is 4. The van der Waals surface area contributed by atoms with Gasteiger partial charge in [0, 0.05) is 15.7 Å². The molecule has 0 saturated carbocycles. The Balaban J connectivity index is 1.68. The number of imidazole rings is 1. The number of hydrogen-bond acceptors (Lipinski definition) is 4. The monoisotopic (exact) mass is 372 g/mol. The highest BCUT2D eigenvalue weighted by Crippen LogP contribution is 2.38. The van der Waals surface area contributed by atoms with Crippen molar-refractivity contribution in [1.82, 2.24) is 14.9 Å². The minimum atomic E-state index is -0.642. The van der Waals surface area contributed by atoms with Crippen molar-refractivity contribution in [2.24, 2.45) is 0 Å². The number of para-hydroxylation sites is 2. The fourth-order valence-corrected chi connectivity index (χ4v) is 4.14. The van der Waals surface area contributed by atoms with Gasteiger partial charge in [-0.25, -0.2) is 4.98 Å². The summed E-state index contributed by atoms with van der Waals surface area (Å²) in [5, 5.41) is 15.3. The summed E-state index contributed by atoms with van der Waals surface area (Å²) in [6, 6.07) is 13.4. The maximum atomic E-state index is 10.7. The first-order chi connectivity index (χ1) is 12.1. The lowest BCUT2D eigenvalue weighted by Gasteiger charge is -2.27. The molecule has 0 aliphatic carbocycles. The van der Waals surface area contributed by atoms with E-state index in [1.807, 2.05) is 41.3 Å². The highest BCUT2D eigenvalue weighted by Gasteiger charge is 2.37. The molecule has 0 bridgehead atoms.